The Hall–Kier alpha value is -2.16. The van der Waals surface area contributed by atoms with Gasteiger partial charge >= 0.3 is 0 Å². The van der Waals surface area contributed by atoms with E-state index in [2.05, 4.69) is 0 Å². The summed E-state index contributed by atoms with van der Waals surface area (Å²) in [7, 11) is 3.35. The van der Waals surface area contributed by atoms with Crippen LogP contribution in [-0.2, 0) is 27.1 Å². The summed E-state index contributed by atoms with van der Waals surface area (Å²) in [4.78, 5) is 0. The molecule has 2 aromatic carbocycles. The number of hydrogen-bond donors (Lipinski definition) is 2. The van der Waals surface area contributed by atoms with Gasteiger partial charge in [0, 0.05) is 14.2 Å². The van der Waals surface area contributed by atoms with Gasteiger partial charge in [-0.05, 0) is 48.2 Å². The molecule has 0 aliphatic carbocycles. The average Bonchev–Trinajstić information content (AvgIpc) is 2.80. The molecule has 0 aliphatic heterocycles. The molecule has 0 aromatic heterocycles. The van der Waals surface area contributed by atoms with Crippen molar-refractivity contribution in [1.82, 2.24) is 0 Å². The van der Waals surface area contributed by atoms with E-state index in [1.165, 1.54) is 0 Å². The number of rotatable bonds is 16. The van der Waals surface area contributed by atoms with Crippen molar-refractivity contribution in [3.05, 3.63) is 59.7 Å². The molecular weight excluding hydrogens is 400 g/mol. The lowest BCUT2D eigenvalue weighted by atomic mass is 10.1. The minimum atomic E-state index is -0.791. The Morgan fingerprint density at radius 3 is 1.35 bits per heavy atom. The van der Waals surface area contributed by atoms with Crippen molar-refractivity contribution < 1.29 is 33.9 Å². The molecule has 2 N–H and O–H groups in total. The van der Waals surface area contributed by atoms with Gasteiger partial charge in [-0.1, -0.05) is 24.3 Å². The topological polar surface area (TPSA) is 86.6 Å². The molecule has 0 saturated carbocycles. The molecule has 0 heterocycles. The summed E-state index contributed by atoms with van der Waals surface area (Å²) in [5.41, 5.74) is 2.33. The SMILES string of the molecule is COCCc1ccc(OC[C@H](O)COC[C@H](O)COc2ccc(CCOC)cc2)cc1. The van der Waals surface area contributed by atoms with Crippen LogP contribution in [0.3, 0.4) is 0 Å². The predicted octanol–water partition coefficient (Wildman–Crippen LogP) is 2.26. The lowest BCUT2D eigenvalue weighted by Crippen LogP contribution is -2.28. The Bertz CT molecular complexity index is 641. The molecular formula is C24H34O7. The van der Waals surface area contributed by atoms with Crippen molar-refractivity contribution in [2.75, 3.05) is 53.9 Å². The molecule has 2 aromatic rings. The minimum absolute atomic E-state index is 0.0666. The number of aliphatic hydroxyl groups excluding tert-OH is 2. The van der Waals surface area contributed by atoms with Gasteiger partial charge in [0.05, 0.1) is 26.4 Å². The second-order valence-electron chi connectivity index (χ2n) is 7.24. The van der Waals surface area contributed by atoms with Crippen LogP contribution in [0.15, 0.2) is 48.5 Å². The van der Waals surface area contributed by atoms with Crippen LogP contribution in [0, 0.1) is 0 Å². The summed E-state index contributed by atoms with van der Waals surface area (Å²) in [6, 6.07) is 15.4. The summed E-state index contributed by atoms with van der Waals surface area (Å²) < 4.78 is 26.6. The Balaban J connectivity index is 1.57. The number of methoxy groups -OCH3 is 2. The quantitative estimate of drug-likeness (QED) is 0.419. The molecule has 2 rings (SSSR count). The van der Waals surface area contributed by atoms with Crippen molar-refractivity contribution >= 4 is 0 Å². The normalized spacial score (nSPS) is 13.0. The lowest BCUT2D eigenvalue weighted by Gasteiger charge is -2.16. The first-order chi connectivity index (χ1) is 15.1. The van der Waals surface area contributed by atoms with Gasteiger partial charge < -0.3 is 33.9 Å². The van der Waals surface area contributed by atoms with E-state index < -0.39 is 12.2 Å². The van der Waals surface area contributed by atoms with E-state index >= 15 is 0 Å². The maximum Gasteiger partial charge on any atom is 0.119 e. The fraction of sp³-hybridized carbons (Fsp3) is 0.500. The summed E-state index contributed by atoms with van der Waals surface area (Å²) in [6.45, 7) is 1.70. The highest BCUT2D eigenvalue weighted by atomic mass is 16.5. The third-order valence-corrected chi connectivity index (χ3v) is 4.54. The fourth-order valence-electron chi connectivity index (χ4n) is 2.77. The highest BCUT2D eigenvalue weighted by Crippen LogP contribution is 2.14. The van der Waals surface area contributed by atoms with E-state index in [0.29, 0.717) is 24.7 Å². The standard InChI is InChI=1S/C24H34O7/c1-27-13-11-19-3-7-23(8-4-19)30-17-21(25)15-29-16-22(26)18-31-24-9-5-20(6-10-24)12-14-28-2/h3-10,21-22,25-26H,11-18H2,1-2H3/t21-,22+. The zero-order valence-corrected chi connectivity index (χ0v) is 18.4. The Kier molecular flexibility index (Phi) is 12.0. The van der Waals surface area contributed by atoms with Crippen molar-refractivity contribution in [3.63, 3.8) is 0 Å². The Morgan fingerprint density at radius 2 is 1.00 bits per heavy atom. The van der Waals surface area contributed by atoms with Crippen LogP contribution in [0.4, 0.5) is 0 Å². The first kappa shape index (κ1) is 25.1. The predicted molar refractivity (Wildman–Crippen MR) is 118 cm³/mol. The third-order valence-electron chi connectivity index (χ3n) is 4.54. The lowest BCUT2D eigenvalue weighted by molar-refractivity contribution is -0.0308. The average molecular weight is 435 g/mol. The molecule has 0 saturated heterocycles. The first-order valence-electron chi connectivity index (χ1n) is 10.5. The van der Waals surface area contributed by atoms with E-state index in [1.807, 2.05) is 48.5 Å². The summed E-state index contributed by atoms with van der Waals surface area (Å²) >= 11 is 0. The molecule has 0 bridgehead atoms. The summed E-state index contributed by atoms with van der Waals surface area (Å²) in [6.07, 6.45) is 0.111. The van der Waals surface area contributed by atoms with Gasteiger partial charge in [0.25, 0.3) is 0 Å². The van der Waals surface area contributed by atoms with Gasteiger partial charge in [-0.3, -0.25) is 0 Å². The van der Waals surface area contributed by atoms with Crippen LogP contribution in [0.1, 0.15) is 11.1 Å². The van der Waals surface area contributed by atoms with Crippen molar-refractivity contribution in [2.45, 2.75) is 25.0 Å². The van der Waals surface area contributed by atoms with Gasteiger partial charge in [-0.2, -0.15) is 0 Å². The second-order valence-corrected chi connectivity index (χ2v) is 7.24. The largest absolute Gasteiger partial charge is 0.491 e. The number of ether oxygens (including phenoxy) is 5. The van der Waals surface area contributed by atoms with Crippen LogP contribution < -0.4 is 9.47 Å². The number of benzene rings is 2. The Labute approximate surface area is 184 Å². The van der Waals surface area contributed by atoms with Crippen LogP contribution >= 0.6 is 0 Å². The summed E-state index contributed by atoms with van der Waals surface area (Å²) in [5, 5.41) is 20.0. The number of aliphatic hydroxyl groups is 2. The van der Waals surface area contributed by atoms with Crippen LogP contribution in [-0.4, -0.2) is 76.3 Å². The maximum atomic E-state index is 10.0. The Morgan fingerprint density at radius 1 is 0.613 bits per heavy atom. The smallest absolute Gasteiger partial charge is 0.119 e. The molecule has 0 unspecified atom stereocenters. The fourth-order valence-corrected chi connectivity index (χ4v) is 2.77. The van der Waals surface area contributed by atoms with Gasteiger partial charge in [-0.15, -0.1) is 0 Å². The first-order valence-corrected chi connectivity index (χ1v) is 10.5. The molecule has 172 valence electrons. The van der Waals surface area contributed by atoms with Crippen LogP contribution in [0.25, 0.3) is 0 Å². The molecule has 7 heteroatoms. The molecule has 0 spiro atoms. The molecule has 0 fully saturated rings. The molecule has 7 nitrogen and oxygen atoms in total. The molecule has 31 heavy (non-hydrogen) atoms. The van der Waals surface area contributed by atoms with Crippen molar-refractivity contribution in [3.8, 4) is 11.5 Å². The van der Waals surface area contributed by atoms with Gasteiger partial charge in [0.15, 0.2) is 0 Å². The van der Waals surface area contributed by atoms with Gasteiger partial charge in [0.2, 0.25) is 0 Å². The maximum absolute atomic E-state index is 10.0. The highest BCUT2D eigenvalue weighted by molar-refractivity contribution is 5.28. The van der Waals surface area contributed by atoms with E-state index in [9.17, 15) is 10.2 Å². The van der Waals surface area contributed by atoms with Gasteiger partial charge in [-0.25, -0.2) is 0 Å². The molecule has 0 aliphatic rings. The molecule has 0 amide bonds. The molecule has 2 atom stereocenters. The van der Waals surface area contributed by atoms with E-state index in [0.717, 1.165) is 24.0 Å². The zero-order chi connectivity index (χ0) is 22.3. The van der Waals surface area contributed by atoms with E-state index in [4.69, 9.17) is 23.7 Å². The van der Waals surface area contributed by atoms with Crippen LogP contribution in [0.2, 0.25) is 0 Å². The monoisotopic (exact) mass is 434 g/mol. The highest BCUT2D eigenvalue weighted by Gasteiger charge is 2.10. The number of hydrogen-bond acceptors (Lipinski definition) is 7. The zero-order valence-electron chi connectivity index (χ0n) is 18.4. The minimum Gasteiger partial charge on any atom is -0.491 e. The second kappa shape index (κ2) is 14.8. The van der Waals surface area contributed by atoms with Crippen molar-refractivity contribution in [2.24, 2.45) is 0 Å². The third kappa shape index (κ3) is 10.6. The van der Waals surface area contributed by atoms with E-state index in [1.54, 1.807) is 14.2 Å². The van der Waals surface area contributed by atoms with Gasteiger partial charge in [0.1, 0.15) is 36.9 Å². The van der Waals surface area contributed by atoms with E-state index in [-0.39, 0.29) is 26.4 Å². The molecule has 0 radical (unpaired) electrons. The van der Waals surface area contributed by atoms with Crippen molar-refractivity contribution in [1.29, 1.82) is 0 Å². The summed E-state index contributed by atoms with van der Waals surface area (Å²) in [5.74, 6) is 1.36. The van der Waals surface area contributed by atoms with Crippen LogP contribution in [0.5, 0.6) is 11.5 Å².